The van der Waals surface area contributed by atoms with E-state index in [-0.39, 0.29) is 5.03 Å². The number of benzene rings is 1. The van der Waals surface area contributed by atoms with E-state index in [9.17, 15) is 0 Å². The second-order valence-corrected chi connectivity index (χ2v) is 6.24. The Kier molecular flexibility index (Phi) is 4.02. The van der Waals surface area contributed by atoms with Crippen molar-refractivity contribution in [1.29, 1.82) is 0 Å². The first kappa shape index (κ1) is 13.6. The highest BCUT2D eigenvalue weighted by Crippen LogP contribution is 2.49. The van der Waals surface area contributed by atoms with Gasteiger partial charge in [-0.1, -0.05) is 76.7 Å². The Labute approximate surface area is 125 Å². The Morgan fingerprint density at radius 1 is 1.00 bits per heavy atom. The van der Waals surface area contributed by atoms with Gasteiger partial charge < -0.3 is 0 Å². The fraction of sp³-hybridized carbons (Fsp3) is 0.167. The van der Waals surface area contributed by atoms with E-state index in [0.29, 0.717) is 5.03 Å². The van der Waals surface area contributed by atoms with Crippen LogP contribution in [0.1, 0.15) is 5.56 Å². The van der Waals surface area contributed by atoms with Crippen molar-refractivity contribution in [2.24, 2.45) is 0 Å². The van der Waals surface area contributed by atoms with Crippen LogP contribution < -0.4 is 0 Å². The predicted molar refractivity (Wildman–Crippen MR) is 77.2 cm³/mol. The first-order chi connectivity index (χ1) is 7.94. The monoisotopic (exact) mass is 326 g/mol. The van der Waals surface area contributed by atoms with Gasteiger partial charge in [0.25, 0.3) is 0 Å². The molecule has 1 unspecified atom stereocenters. The minimum Gasteiger partial charge on any atom is -0.113 e. The molecule has 0 saturated carbocycles. The van der Waals surface area contributed by atoms with Crippen molar-refractivity contribution in [1.82, 2.24) is 0 Å². The van der Waals surface area contributed by atoms with Gasteiger partial charge in [-0.25, -0.2) is 0 Å². The van der Waals surface area contributed by atoms with Gasteiger partial charge in [0, 0.05) is 5.03 Å². The molecule has 0 saturated heterocycles. The molecule has 0 fully saturated rings. The lowest BCUT2D eigenvalue weighted by atomic mass is 9.98. The number of hydrogen-bond acceptors (Lipinski definition) is 0. The van der Waals surface area contributed by atoms with E-state index < -0.39 is 9.71 Å². The highest BCUT2D eigenvalue weighted by Gasteiger charge is 2.42. The van der Waals surface area contributed by atoms with Crippen LogP contribution in [0.4, 0.5) is 0 Å². The van der Waals surface area contributed by atoms with Crippen LogP contribution in [-0.4, -0.2) is 9.71 Å². The second kappa shape index (κ2) is 5.03. The maximum absolute atomic E-state index is 6.19. The molecule has 0 nitrogen and oxygen atoms in total. The third-order valence-corrected chi connectivity index (χ3v) is 5.22. The second-order valence-electron chi connectivity index (χ2n) is 3.61. The first-order valence-electron chi connectivity index (χ1n) is 4.79. The normalized spacial score (nSPS) is 23.6. The van der Waals surface area contributed by atoms with Gasteiger partial charge >= 0.3 is 0 Å². The SMILES string of the molecule is ClC1=CC(c2ccccc2)=C(Cl)C(Cl)C1(Cl)Cl. The molecule has 0 radical (unpaired) electrons. The van der Waals surface area contributed by atoms with Crippen LogP contribution in [0.3, 0.4) is 0 Å². The fourth-order valence-corrected chi connectivity index (χ4v) is 2.82. The van der Waals surface area contributed by atoms with E-state index in [2.05, 4.69) is 0 Å². The van der Waals surface area contributed by atoms with Gasteiger partial charge in [-0.2, -0.15) is 0 Å². The third kappa shape index (κ3) is 2.47. The summed E-state index contributed by atoms with van der Waals surface area (Å²) >= 11 is 30.4. The molecule has 1 aliphatic rings. The molecule has 1 aromatic carbocycles. The Morgan fingerprint density at radius 3 is 2.18 bits per heavy atom. The third-order valence-electron chi connectivity index (χ3n) is 2.47. The summed E-state index contributed by atoms with van der Waals surface area (Å²) in [6, 6.07) is 9.55. The Hall–Kier alpha value is 0.150. The number of allylic oxidation sites excluding steroid dienone is 4. The van der Waals surface area contributed by atoms with Crippen LogP contribution in [-0.2, 0) is 0 Å². The molecule has 1 aliphatic carbocycles. The minimum atomic E-state index is -1.38. The minimum absolute atomic E-state index is 0.268. The summed E-state index contributed by atoms with van der Waals surface area (Å²) in [7, 11) is 0. The summed E-state index contributed by atoms with van der Waals surface area (Å²) in [6.45, 7) is 0. The van der Waals surface area contributed by atoms with Gasteiger partial charge in [0.1, 0.15) is 5.38 Å². The first-order valence-corrected chi connectivity index (χ1v) is 6.74. The van der Waals surface area contributed by atoms with Crippen LogP contribution in [0.5, 0.6) is 0 Å². The van der Waals surface area contributed by atoms with E-state index in [1.165, 1.54) is 0 Å². The molecule has 0 amide bonds. The van der Waals surface area contributed by atoms with E-state index in [0.717, 1.165) is 11.1 Å². The van der Waals surface area contributed by atoms with Crippen molar-refractivity contribution >= 4 is 63.6 Å². The zero-order valence-electron chi connectivity index (χ0n) is 8.43. The van der Waals surface area contributed by atoms with Gasteiger partial charge in [-0.05, 0) is 17.2 Å². The molecular formula is C12H7Cl5. The summed E-state index contributed by atoms with van der Waals surface area (Å²) in [5, 5.41) is -0.100. The van der Waals surface area contributed by atoms with Crippen LogP contribution in [0.15, 0.2) is 46.5 Å². The van der Waals surface area contributed by atoms with E-state index in [4.69, 9.17) is 58.0 Å². The highest BCUT2D eigenvalue weighted by atomic mass is 35.5. The molecule has 0 aromatic heterocycles. The average Bonchev–Trinajstić information content (AvgIpc) is 2.33. The number of rotatable bonds is 1. The standard InChI is InChI=1S/C12H7Cl5/c13-9-6-8(7-4-2-1-3-5-7)10(14)11(15)12(9,16)17/h1-6,11H. The molecule has 0 bridgehead atoms. The van der Waals surface area contributed by atoms with Gasteiger partial charge in [0.15, 0.2) is 4.33 Å². The van der Waals surface area contributed by atoms with Crippen LogP contribution in [0.25, 0.3) is 5.57 Å². The Balaban J connectivity index is 2.54. The molecule has 2 rings (SSSR count). The van der Waals surface area contributed by atoms with E-state index >= 15 is 0 Å². The Bertz CT molecular complexity index is 487. The molecule has 5 heteroatoms. The Morgan fingerprint density at radius 2 is 1.59 bits per heavy atom. The lowest BCUT2D eigenvalue weighted by molar-refractivity contribution is 0.940. The fourth-order valence-electron chi connectivity index (χ4n) is 1.55. The van der Waals surface area contributed by atoms with Crippen molar-refractivity contribution in [3.8, 4) is 0 Å². The summed E-state index contributed by atoms with van der Waals surface area (Å²) in [6.07, 6.45) is 1.65. The summed E-state index contributed by atoms with van der Waals surface area (Å²) in [5.41, 5.74) is 1.67. The van der Waals surface area contributed by atoms with Crippen molar-refractivity contribution in [2.75, 3.05) is 0 Å². The van der Waals surface area contributed by atoms with Gasteiger partial charge in [0.05, 0.1) is 5.03 Å². The molecule has 90 valence electrons. The number of alkyl halides is 3. The van der Waals surface area contributed by atoms with Crippen molar-refractivity contribution in [2.45, 2.75) is 9.71 Å². The maximum atomic E-state index is 6.19. The van der Waals surface area contributed by atoms with E-state index in [1.54, 1.807) is 6.08 Å². The molecule has 0 spiro atoms. The van der Waals surface area contributed by atoms with Crippen LogP contribution in [0.2, 0.25) is 0 Å². The zero-order valence-corrected chi connectivity index (χ0v) is 12.2. The van der Waals surface area contributed by atoms with Gasteiger partial charge in [-0.15, -0.1) is 11.6 Å². The van der Waals surface area contributed by atoms with Crippen molar-refractivity contribution in [3.63, 3.8) is 0 Å². The van der Waals surface area contributed by atoms with E-state index in [1.807, 2.05) is 30.3 Å². The molecule has 1 aromatic rings. The molecule has 0 N–H and O–H groups in total. The molecule has 17 heavy (non-hydrogen) atoms. The summed E-state index contributed by atoms with van der Waals surface area (Å²) in [4.78, 5) is 0. The summed E-state index contributed by atoms with van der Waals surface area (Å²) < 4.78 is -1.38. The predicted octanol–water partition coefficient (Wildman–Crippen LogP) is 5.55. The number of halogens is 5. The molecule has 0 aliphatic heterocycles. The lowest BCUT2D eigenvalue weighted by Crippen LogP contribution is -2.30. The van der Waals surface area contributed by atoms with Crippen LogP contribution in [0, 0.1) is 0 Å². The number of hydrogen-bond donors (Lipinski definition) is 0. The quantitative estimate of drug-likeness (QED) is 0.593. The topological polar surface area (TPSA) is 0 Å². The van der Waals surface area contributed by atoms with Crippen LogP contribution >= 0.6 is 58.0 Å². The molecule has 1 atom stereocenters. The largest absolute Gasteiger partial charge is 0.174 e. The smallest absolute Gasteiger partial charge is 0.113 e. The summed E-state index contributed by atoms with van der Waals surface area (Å²) in [5.74, 6) is 0. The highest BCUT2D eigenvalue weighted by molar-refractivity contribution is 6.61. The van der Waals surface area contributed by atoms with Gasteiger partial charge in [-0.3, -0.25) is 0 Å². The maximum Gasteiger partial charge on any atom is 0.174 e. The lowest BCUT2D eigenvalue weighted by Gasteiger charge is -2.29. The molecule has 0 heterocycles. The molecular weight excluding hydrogens is 321 g/mol. The van der Waals surface area contributed by atoms with Crippen molar-refractivity contribution in [3.05, 3.63) is 52.0 Å². The average molecular weight is 328 g/mol. The van der Waals surface area contributed by atoms with Gasteiger partial charge in [0.2, 0.25) is 0 Å². The van der Waals surface area contributed by atoms with Crippen molar-refractivity contribution < 1.29 is 0 Å². The zero-order chi connectivity index (χ0) is 12.6.